The Morgan fingerprint density at radius 2 is 2.00 bits per heavy atom. The summed E-state index contributed by atoms with van der Waals surface area (Å²) >= 11 is 1.72. The van der Waals surface area contributed by atoms with Crippen LogP contribution in [0.5, 0.6) is 0 Å². The summed E-state index contributed by atoms with van der Waals surface area (Å²) in [6, 6.07) is 10.4. The largest absolute Gasteiger partial charge is 0.357 e. The lowest BCUT2D eigenvalue weighted by Crippen LogP contribution is -2.36. The fourth-order valence-corrected chi connectivity index (χ4v) is 3.69. The van der Waals surface area contributed by atoms with Crippen molar-refractivity contribution in [2.75, 3.05) is 6.54 Å². The summed E-state index contributed by atoms with van der Waals surface area (Å²) in [6.07, 6.45) is 3.83. The van der Waals surface area contributed by atoms with E-state index in [4.69, 9.17) is 4.99 Å². The van der Waals surface area contributed by atoms with Crippen LogP contribution < -0.4 is 10.6 Å². The highest BCUT2D eigenvalue weighted by Crippen LogP contribution is 2.16. The van der Waals surface area contributed by atoms with Gasteiger partial charge in [0, 0.05) is 30.4 Å². The molecule has 0 bridgehead atoms. The Kier molecular flexibility index (Phi) is 6.59. The molecule has 0 saturated carbocycles. The number of aliphatic imine (C=N–C) groups is 1. The third-order valence-electron chi connectivity index (χ3n) is 4.14. The van der Waals surface area contributed by atoms with Gasteiger partial charge in [0.15, 0.2) is 5.96 Å². The molecule has 3 rings (SSSR count). The van der Waals surface area contributed by atoms with Crippen molar-refractivity contribution in [2.24, 2.45) is 4.99 Å². The van der Waals surface area contributed by atoms with E-state index in [1.54, 1.807) is 11.3 Å². The summed E-state index contributed by atoms with van der Waals surface area (Å²) in [4.78, 5) is 14.9. The number of guanidine groups is 1. The molecule has 0 unspecified atom stereocenters. The molecule has 7 heteroatoms. The molecule has 2 aromatic heterocycles. The minimum absolute atomic E-state index is 0.524. The van der Waals surface area contributed by atoms with Crippen molar-refractivity contribution >= 4 is 17.3 Å². The summed E-state index contributed by atoms with van der Waals surface area (Å²) in [5, 5.41) is 7.78. The van der Waals surface area contributed by atoms with Crippen LogP contribution >= 0.6 is 11.3 Å². The number of nitrogens with zero attached hydrogens (tertiary/aromatic N) is 4. The number of benzene rings is 1. The summed E-state index contributed by atoms with van der Waals surface area (Å²) in [6.45, 7) is 9.01. The second kappa shape index (κ2) is 9.32. The third kappa shape index (κ3) is 5.40. The maximum atomic E-state index is 4.71. The van der Waals surface area contributed by atoms with Gasteiger partial charge in [0.2, 0.25) is 0 Å². The summed E-state index contributed by atoms with van der Waals surface area (Å²) < 4.78 is 2.14. The van der Waals surface area contributed by atoms with Crippen LogP contribution in [0.3, 0.4) is 0 Å². The van der Waals surface area contributed by atoms with Gasteiger partial charge in [-0.15, -0.1) is 11.3 Å². The summed E-state index contributed by atoms with van der Waals surface area (Å²) in [5.41, 5.74) is 2.33. The highest BCUT2D eigenvalue weighted by atomic mass is 32.1. The number of aryl methyl sites for hydroxylation is 2. The normalized spacial score (nSPS) is 11.6. The Labute approximate surface area is 164 Å². The molecular weight excluding hydrogens is 356 g/mol. The highest BCUT2D eigenvalue weighted by molar-refractivity contribution is 7.11. The molecule has 6 nitrogen and oxygen atoms in total. The average Bonchev–Trinajstić information content (AvgIpc) is 3.23. The molecule has 0 spiro atoms. The molecule has 3 aromatic rings. The summed E-state index contributed by atoms with van der Waals surface area (Å²) in [5.74, 6) is 1.73. The Morgan fingerprint density at radius 1 is 1.19 bits per heavy atom. The molecule has 0 atom stereocenters. The molecule has 142 valence electrons. The fraction of sp³-hybridized carbons (Fsp3) is 0.350. The SMILES string of the molecule is CCNC(=NCc1nccn1Cc1ccccc1)NCc1sc(C)nc1C. The smallest absolute Gasteiger partial charge is 0.191 e. The molecular formula is C20H26N6S. The van der Waals surface area contributed by atoms with Gasteiger partial charge in [-0.25, -0.2) is 15.0 Å². The zero-order valence-electron chi connectivity index (χ0n) is 16.1. The van der Waals surface area contributed by atoms with E-state index in [1.807, 2.05) is 32.3 Å². The van der Waals surface area contributed by atoms with Crippen LogP contribution in [0, 0.1) is 13.8 Å². The van der Waals surface area contributed by atoms with Crippen LogP contribution in [0.25, 0.3) is 0 Å². The van der Waals surface area contributed by atoms with Crippen molar-refractivity contribution in [3.63, 3.8) is 0 Å². The quantitative estimate of drug-likeness (QED) is 0.486. The van der Waals surface area contributed by atoms with E-state index < -0.39 is 0 Å². The van der Waals surface area contributed by atoms with E-state index >= 15 is 0 Å². The number of thiazole rings is 1. The van der Waals surface area contributed by atoms with Gasteiger partial charge in [0.05, 0.1) is 17.2 Å². The Hall–Kier alpha value is -2.67. The highest BCUT2D eigenvalue weighted by Gasteiger charge is 2.07. The van der Waals surface area contributed by atoms with Crippen LogP contribution in [0.2, 0.25) is 0 Å². The van der Waals surface area contributed by atoms with E-state index in [9.17, 15) is 0 Å². The molecule has 0 aliphatic heterocycles. The first kappa shape index (κ1) is 19.1. The zero-order valence-corrected chi connectivity index (χ0v) is 16.9. The van der Waals surface area contributed by atoms with Gasteiger partial charge in [0.25, 0.3) is 0 Å². The van der Waals surface area contributed by atoms with E-state index in [-0.39, 0.29) is 0 Å². The van der Waals surface area contributed by atoms with Crippen LogP contribution in [0.1, 0.15) is 33.9 Å². The van der Waals surface area contributed by atoms with Crippen molar-refractivity contribution in [3.05, 3.63) is 69.7 Å². The molecule has 0 saturated heterocycles. The van der Waals surface area contributed by atoms with Crippen molar-refractivity contribution in [1.82, 2.24) is 25.2 Å². The van der Waals surface area contributed by atoms with Crippen LogP contribution in [-0.4, -0.2) is 27.0 Å². The Bertz CT molecular complexity index is 881. The maximum absolute atomic E-state index is 4.71. The third-order valence-corrected chi connectivity index (χ3v) is 5.21. The second-order valence-corrected chi connectivity index (χ2v) is 7.53. The lowest BCUT2D eigenvalue weighted by molar-refractivity contribution is 0.717. The molecule has 27 heavy (non-hydrogen) atoms. The van der Waals surface area contributed by atoms with Gasteiger partial charge < -0.3 is 15.2 Å². The van der Waals surface area contributed by atoms with E-state index in [1.165, 1.54) is 10.4 Å². The number of hydrogen-bond acceptors (Lipinski definition) is 4. The first-order valence-electron chi connectivity index (χ1n) is 9.14. The van der Waals surface area contributed by atoms with Crippen LogP contribution in [0.15, 0.2) is 47.7 Å². The van der Waals surface area contributed by atoms with Crippen LogP contribution in [-0.2, 0) is 19.6 Å². The number of imidazole rings is 1. The lowest BCUT2D eigenvalue weighted by atomic mass is 10.2. The molecule has 0 aliphatic carbocycles. The van der Waals surface area contributed by atoms with E-state index in [0.29, 0.717) is 6.54 Å². The predicted octanol–water partition coefficient (Wildman–Crippen LogP) is 3.26. The summed E-state index contributed by atoms with van der Waals surface area (Å²) in [7, 11) is 0. The predicted molar refractivity (Wildman–Crippen MR) is 111 cm³/mol. The van der Waals surface area contributed by atoms with Gasteiger partial charge >= 0.3 is 0 Å². The van der Waals surface area contributed by atoms with Crippen molar-refractivity contribution in [3.8, 4) is 0 Å². The van der Waals surface area contributed by atoms with Gasteiger partial charge in [-0.2, -0.15) is 0 Å². The van der Waals surface area contributed by atoms with Gasteiger partial charge in [0.1, 0.15) is 12.4 Å². The van der Waals surface area contributed by atoms with E-state index in [2.05, 4.69) is 56.4 Å². The first-order chi connectivity index (χ1) is 13.2. The monoisotopic (exact) mass is 382 g/mol. The van der Waals surface area contributed by atoms with E-state index in [0.717, 1.165) is 42.1 Å². The van der Waals surface area contributed by atoms with Crippen molar-refractivity contribution in [1.29, 1.82) is 0 Å². The molecule has 1 aromatic carbocycles. The molecule has 0 radical (unpaired) electrons. The minimum atomic E-state index is 0.524. The number of nitrogens with one attached hydrogen (secondary N) is 2. The zero-order chi connectivity index (χ0) is 19.1. The maximum Gasteiger partial charge on any atom is 0.191 e. The standard InChI is InChI=1S/C20H26N6S/c1-4-21-20(23-12-18-15(2)25-16(3)27-18)24-13-19-22-10-11-26(19)14-17-8-6-5-7-9-17/h5-11H,4,12-14H2,1-3H3,(H2,21,23,24). The minimum Gasteiger partial charge on any atom is -0.357 e. The molecule has 2 heterocycles. The number of aromatic nitrogens is 3. The Morgan fingerprint density at radius 3 is 2.70 bits per heavy atom. The van der Waals surface area contributed by atoms with Crippen molar-refractivity contribution < 1.29 is 0 Å². The van der Waals surface area contributed by atoms with Gasteiger partial charge in [-0.3, -0.25) is 0 Å². The first-order valence-corrected chi connectivity index (χ1v) is 9.96. The lowest BCUT2D eigenvalue weighted by Gasteiger charge is -2.11. The second-order valence-electron chi connectivity index (χ2n) is 6.25. The molecule has 0 amide bonds. The molecule has 0 aliphatic rings. The average molecular weight is 383 g/mol. The molecule has 0 fully saturated rings. The fourth-order valence-electron chi connectivity index (χ4n) is 2.81. The molecule has 2 N–H and O–H groups in total. The van der Waals surface area contributed by atoms with Gasteiger partial charge in [-0.1, -0.05) is 30.3 Å². The van der Waals surface area contributed by atoms with Crippen molar-refractivity contribution in [2.45, 2.75) is 40.4 Å². The van der Waals surface area contributed by atoms with Crippen LogP contribution in [0.4, 0.5) is 0 Å². The number of rotatable bonds is 7. The topological polar surface area (TPSA) is 67.1 Å². The number of hydrogen-bond donors (Lipinski definition) is 2. The van der Waals surface area contributed by atoms with Gasteiger partial charge in [-0.05, 0) is 26.3 Å². The Balaban J connectivity index is 1.65.